The second-order valence-corrected chi connectivity index (χ2v) is 20.5. The zero-order chi connectivity index (χ0) is 41.0. The van der Waals surface area contributed by atoms with Gasteiger partial charge >= 0.3 is 5.97 Å². The summed E-state index contributed by atoms with van der Waals surface area (Å²) in [5.74, 6) is -0.322. The number of ether oxygens (including phenoxy) is 4. The van der Waals surface area contributed by atoms with E-state index in [2.05, 4.69) is 40.7 Å². The lowest BCUT2D eigenvalue weighted by atomic mass is 9.33. The SMILES string of the molecule is CC1(C)CC[C@]2(C(=O)O[C@@H]3O[C@H](CO)[C@@H](O)[C@H](O)[C@H]3O)CC[C@]3(C)C(=CCC4[C@@]5(C)CC[C@H](O[C@@H]6O[C@H](CO)[C@@H](O)[C@H](O)[C@H]6O)[C@@](C)(CO)C5CC[C@]43C)C2C1. The highest BCUT2D eigenvalue weighted by molar-refractivity contribution is 5.79. The summed E-state index contributed by atoms with van der Waals surface area (Å²) >= 11 is 0. The van der Waals surface area contributed by atoms with Crippen molar-refractivity contribution in [1.82, 2.24) is 0 Å². The molecule has 19 atom stereocenters. The Balaban J connectivity index is 1.17. The number of aliphatic hydroxyl groups excluding tert-OH is 9. The van der Waals surface area contributed by atoms with Gasteiger partial charge in [0.15, 0.2) is 6.29 Å². The van der Waals surface area contributed by atoms with Gasteiger partial charge in [-0.15, -0.1) is 0 Å². The van der Waals surface area contributed by atoms with Gasteiger partial charge in [0, 0.05) is 5.41 Å². The molecule has 5 aliphatic carbocycles. The van der Waals surface area contributed by atoms with Crippen LogP contribution in [-0.4, -0.2) is 139 Å². The number of carbonyl (C=O) groups excluding carboxylic acids is 1. The smallest absolute Gasteiger partial charge is 0.315 e. The zero-order valence-corrected chi connectivity index (χ0v) is 33.9. The maximum Gasteiger partial charge on any atom is 0.315 e. The predicted molar refractivity (Wildman–Crippen MR) is 199 cm³/mol. The first-order valence-electron chi connectivity index (χ1n) is 21.0. The van der Waals surface area contributed by atoms with E-state index in [-0.39, 0.29) is 46.0 Å². The van der Waals surface area contributed by atoms with E-state index in [1.54, 1.807) is 0 Å². The first kappa shape index (κ1) is 42.8. The molecule has 4 saturated carbocycles. The monoisotopic (exact) mass is 796 g/mol. The Bertz CT molecular complexity index is 1500. The van der Waals surface area contributed by atoms with E-state index in [4.69, 9.17) is 18.9 Å². The lowest BCUT2D eigenvalue weighted by molar-refractivity contribution is -0.333. The maximum atomic E-state index is 14.6. The minimum atomic E-state index is -1.67. The molecule has 2 aliphatic heterocycles. The quantitative estimate of drug-likeness (QED) is 0.100. The fourth-order valence-electron chi connectivity index (χ4n) is 13.6. The fraction of sp³-hybridized carbons (Fsp3) is 0.929. The summed E-state index contributed by atoms with van der Waals surface area (Å²) < 4.78 is 23.8. The van der Waals surface area contributed by atoms with E-state index in [0.717, 1.165) is 44.9 Å². The van der Waals surface area contributed by atoms with Gasteiger partial charge in [-0.25, -0.2) is 0 Å². The molecule has 2 heterocycles. The summed E-state index contributed by atoms with van der Waals surface area (Å²) in [4.78, 5) is 14.6. The van der Waals surface area contributed by atoms with Gasteiger partial charge in [0.2, 0.25) is 6.29 Å². The third-order valence-corrected chi connectivity index (χ3v) is 17.3. The molecule has 56 heavy (non-hydrogen) atoms. The van der Waals surface area contributed by atoms with Crippen LogP contribution in [0.15, 0.2) is 11.6 Å². The van der Waals surface area contributed by atoms with Gasteiger partial charge in [-0.3, -0.25) is 4.79 Å². The van der Waals surface area contributed by atoms with Gasteiger partial charge in [-0.1, -0.05) is 53.2 Å². The van der Waals surface area contributed by atoms with Crippen LogP contribution in [0.3, 0.4) is 0 Å². The Morgan fingerprint density at radius 3 is 1.91 bits per heavy atom. The lowest BCUT2D eigenvalue weighted by Crippen LogP contribution is -2.67. The number of rotatable bonds is 7. The van der Waals surface area contributed by atoms with Crippen LogP contribution in [0.25, 0.3) is 0 Å². The molecule has 7 aliphatic rings. The molecule has 0 aromatic heterocycles. The summed E-state index contributed by atoms with van der Waals surface area (Å²) in [5.41, 5.74) is -0.964. The van der Waals surface area contributed by atoms with Gasteiger partial charge in [-0.2, -0.15) is 0 Å². The Morgan fingerprint density at radius 1 is 0.714 bits per heavy atom. The Kier molecular flexibility index (Phi) is 11.3. The highest BCUT2D eigenvalue weighted by Gasteiger charge is 2.70. The molecule has 14 nitrogen and oxygen atoms in total. The van der Waals surface area contributed by atoms with Crippen molar-refractivity contribution < 1.29 is 69.7 Å². The van der Waals surface area contributed by atoms with Crippen molar-refractivity contribution in [2.45, 2.75) is 173 Å². The van der Waals surface area contributed by atoms with E-state index < -0.39 is 97.5 Å². The predicted octanol–water partition coefficient (Wildman–Crippen LogP) is 1.29. The van der Waals surface area contributed by atoms with Crippen molar-refractivity contribution in [3.8, 4) is 0 Å². The molecule has 0 radical (unpaired) electrons. The number of fused-ring (bicyclic) bond motifs is 7. The average Bonchev–Trinajstić information content (AvgIpc) is 3.16. The molecular formula is C42H68O14. The van der Waals surface area contributed by atoms with E-state index in [1.165, 1.54) is 5.57 Å². The van der Waals surface area contributed by atoms with Crippen LogP contribution in [-0.2, 0) is 23.7 Å². The normalized spacial score (nSPS) is 54.1. The molecule has 2 saturated heterocycles. The van der Waals surface area contributed by atoms with Crippen LogP contribution in [0, 0.1) is 50.2 Å². The minimum absolute atomic E-state index is 0.0413. The molecule has 0 amide bonds. The van der Waals surface area contributed by atoms with Crippen molar-refractivity contribution in [3.63, 3.8) is 0 Å². The Labute approximate surface area is 330 Å². The molecule has 0 spiro atoms. The van der Waals surface area contributed by atoms with Crippen molar-refractivity contribution in [1.29, 1.82) is 0 Å². The van der Waals surface area contributed by atoms with Crippen LogP contribution in [0.5, 0.6) is 0 Å². The molecule has 3 unspecified atom stereocenters. The van der Waals surface area contributed by atoms with Crippen LogP contribution in [0.1, 0.15) is 106 Å². The van der Waals surface area contributed by atoms with Crippen LogP contribution in [0.4, 0.5) is 0 Å². The van der Waals surface area contributed by atoms with Crippen LogP contribution < -0.4 is 0 Å². The number of hydrogen-bond donors (Lipinski definition) is 9. The van der Waals surface area contributed by atoms with Crippen LogP contribution >= 0.6 is 0 Å². The standard InChI is InChI=1S/C42H68O14/c1-37(2)13-15-42(36(52)56-35-33(51)31(49)29(47)24(19-44)54-35)16-14-40(5)21(22(42)17-37)7-8-26-38(3)11-10-27(39(4,20-45)25(38)9-12-41(26,40)6)55-34-32(50)30(48)28(46)23(18-43)53-34/h7,22-35,43-51H,8-20H2,1-6H3/t22?,23-,24-,25?,26?,27+,28-,29-,30+,31+,32-,33-,34+,35+,38+,39+,40-,41-,42+/m1/s1. The minimum Gasteiger partial charge on any atom is -0.432 e. The van der Waals surface area contributed by atoms with Gasteiger partial charge in [0.1, 0.15) is 48.8 Å². The van der Waals surface area contributed by atoms with Crippen molar-refractivity contribution in [2.24, 2.45) is 50.2 Å². The number of esters is 1. The number of aliphatic hydroxyl groups is 9. The van der Waals surface area contributed by atoms with Gasteiger partial charge in [-0.05, 0) is 104 Å². The molecule has 0 aromatic rings. The van der Waals surface area contributed by atoms with Crippen molar-refractivity contribution >= 4 is 5.97 Å². The average molecular weight is 797 g/mol. The second kappa shape index (κ2) is 14.7. The maximum absolute atomic E-state index is 14.6. The van der Waals surface area contributed by atoms with Gasteiger partial charge in [0.05, 0.1) is 31.3 Å². The van der Waals surface area contributed by atoms with Crippen LogP contribution in [0.2, 0.25) is 0 Å². The first-order chi connectivity index (χ1) is 26.2. The first-order valence-corrected chi connectivity index (χ1v) is 21.0. The number of hydrogen-bond acceptors (Lipinski definition) is 14. The highest BCUT2D eigenvalue weighted by atomic mass is 16.7. The molecule has 7 rings (SSSR count). The van der Waals surface area contributed by atoms with E-state index in [9.17, 15) is 50.8 Å². The van der Waals surface area contributed by atoms with E-state index >= 15 is 0 Å². The second-order valence-electron chi connectivity index (χ2n) is 20.5. The van der Waals surface area contributed by atoms with E-state index in [1.807, 2.05) is 6.92 Å². The van der Waals surface area contributed by atoms with Crippen molar-refractivity contribution in [3.05, 3.63) is 11.6 Å². The highest BCUT2D eigenvalue weighted by Crippen LogP contribution is 2.76. The largest absolute Gasteiger partial charge is 0.432 e. The zero-order valence-electron chi connectivity index (χ0n) is 33.9. The number of allylic oxidation sites excluding steroid dienone is 2. The molecule has 14 heteroatoms. The molecular weight excluding hydrogens is 728 g/mol. The number of carbonyl (C=O) groups is 1. The Hall–Kier alpha value is -1.27. The van der Waals surface area contributed by atoms with Gasteiger partial charge in [0.25, 0.3) is 0 Å². The molecule has 0 aromatic carbocycles. The summed E-state index contributed by atoms with van der Waals surface area (Å²) in [5, 5.41) is 93.9. The molecule has 6 fully saturated rings. The Morgan fingerprint density at radius 2 is 1.30 bits per heavy atom. The third kappa shape index (κ3) is 6.21. The van der Waals surface area contributed by atoms with E-state index in [0.29, 0.717) is 19.3 Å². The summed E-state index contributed by atoms with van der Waals surface area (Å²) in [6, 6.07) is 0. The third-order valence-electron chi connectivity index (χ3n) is 17.3. The molecule has 9 N–H and O–H groups in total. The van der Waals surface area contributed by atoms with Gasteiger partial charge < -0.3 is 64.9 Å². The summed E-state index contributed by atoms with van der Waals surface area (Å²) in [7, 11) is 0. The molecule has 0 bridgehead atoms. The fourth-order valence-corrected chi connectivity index (χ4v) is 13.6. The lowest BCUT2D eigenvalue weighted by Gasteiger charge is -2.71. The summed E-state index contributed by atoms with van der Waals surface area (Å²) in [6.45, 7) is 12.4. The topological polar surface area (TPSA) is 236 Å². The molecule has 320 valence electrons. The summed E-state index contributed by atoms with van der Waals surface area (Å²) in [6.07, 6.45) is -5.32. The van der Waals surface area contributed by atoms with Crippen molar-refractivity contribution in [2.75, 3.05) is 19.8 Å².